The Morgan fingerprint density at radius 2 is 2.05 bits per heavy atom. The molecule has 0 radical (unpaired) electrons. The minimum atomic E-state index is -4.56. The van der Waals surface area contributed by atoms with Crippen LogP contribution in [0.3, 0.4) is 0 Å². The SMILES string of the molecule is CC(C)CCCOc1cc(C(F)(F)F)nc(NN)n1. The smallest absolute Gasteiger partial charge is 0.433 e. The summed E-state index contributed by atoms with van der Waals surface area (Å²) in [6.45, 7) is 4.42. The number of nitrogens with zero attached hydrogens (tertiary/aromatic N) is 2. The molecule has 1 heterocycles. The first kappa shape index (κ1) is 15.5. The number of alkyl halides is 3. The van der Waals surface area contributed by atoms with Gasteiger partial charge in [-0.05, 0) is 18.8 Å². The van der Waals surface area contributed by atoms with Gasteiger partial charge in [0.2, 0.25) is 11.8 Å². The molecule has 0 aromatic carbocycles. The van der Waals surface area contributed by atoms with Gasteiger partial charge in [-0.1, -0.05) is 13.8 Å². The average molecular weight is 278 g/mol. The Bertz CT molecular complexity index is 409. The molecule has 0 amide bonds. The normalized spacial score (nSPS) is 11.7. The number of ether oxygens (including phenoxy) is 1. The fourth-order valence-corrected chi connectivity index (χ4v) is 1.38. The number of halogens is 3. The van der Waals surface area contributed by atoms with Crippen molar-refractivity contribution < 1.29 is 17.9 Å². The van der Waals surface area contributed by atoms with E-state index in [1.165, 1.54) is 0 Å². The van der Waals surface area contributed by atoms with Gasteiger partial charge in [-0.25, -0.2) is 10.8 Å². The molecule has 108 valence electrons. The van der Waals surface area contributed by atoms with Crippen LogP contribution in [-0.2, 0) is 6.18 Å². The molecule has 0 aliphatic rings. The zero-order chi connectivity index (χ0) is 14.5. The highest BCUT2D eigenvalue weighted by atomic mass is 19.4. The van der Waals surface area contributed by atoms with Crippen molar-refractivity contribution in [3.63, 3.8) is 0 Å². The lowest BCUT2D eigenvalue weighted by Crippen LogP contribution is -2.16. The van der Waals surface area contributed by atoms with Crippen molar-refractivity contribution in [2.24, 2.45) is 11.8 Å². The van der Waals surface area contributed by atoms with Gasteiger partial charge in [0.25, 0.3) is 0 Å². The molecule has 0 fully saturated rings. The number of nitrogens with two attached hydrogens (primary N) is 1. The molecule has 0 atom stereocenters. The summed E-state index contributed by atoms with van der Waals surface area (Å²) >= 11 is 0. The second-order valence-corrected chi connectivity index (χ2v) is 4.44. The van der Waals surface area contributed by atoms with E-state index < -0.39 is 11.9 Å². The maximum Gasteiger partial charge on any atom is 0.433 e. The Labute approximate surface area is 109 Å². The lowest BCUT2D eigenvalue weighted by Gasteiger charge is -2.11. The molecule has 0 saturated heterocycles. The van der Waals surface area contributed by atoms with Gasteiger partial charge in [-0.15, -0.1) is 0 Å². The van der Waals surface area contributed by atoms with E-state index in [0.717, 1.165) is 18.9 Å². The van der Waals surface area contributed by atoms with Gasteiger partial charge in [0.05, 0.1) is 6.61 Å². The number of aromatic nitrogens is 2. The monoisotopic (exact) mass is 278 g/mol. The number of hydrazine groups is 1. The third kappa shape index (κ3) is 5.29. The first-order valence-electron chi connectivity index (χ1n) is 5.88. The lowest BCUT2D eigenvalue weighted by atomic mass is 10.1. The third-order valence-electron chi connectivity index (χ3n) is 2.30. The molecule has 0 aliphatic heterocycles. The van der Waals surface area contributed by atoms with Crippen molar-refractivity contribution >= 4 is 5.95 Å². The summed E-state index contributed by atoms with van der Waals surface area (Å²) in [4.78, 5) is 6.94. The van der Waals surface area contributed by atoms with Gasteiger partial charge < -0.3 is 4.74 Å². The molecule has 19 heavy (non-hydrogen) atoms. The molecular weight excluding hydrogens is 261 g/mol. The van der Waals surface area contributed by atoms with Gasteiger partial charge in [-0.3, -0.25) is 5.43 Å². The summed E-state index contributed by atoms with van der Waals surface area (Å²) in [5, 5.41) is 0. The molecule has 1 rings (SSSR count). The van der Waals surface area contributed by atoms with Gasteiger partial charge in [0, 0.05) is 6.07 Å². The molecule has 1 aromatic heterocycles. The van der Waals surface area contributed by atoms with Crippen LogP contribution in [0.15, 0.2) is 6.07 Å². The molecule has 8 heteroatoms. The maximum absolute atomic E-state index is 12.6. The fourth-order valence-electron chi connectivity index (χ4n) is 1.38. The Hall–Kier alpha value is -1.57. The molecule has 0 bridgehead atoms. The molecule has 0 aliphatic carbocycles. The second-order valence-electron chi connectivity index (χ2n) is 4.44. The Balaban J connectivity index is 2.72. The quantitative estimate of drug-likeness (QED) is 0.475. The highest BCUT2D eigenvalue weighted by Crippen LogP contribution is 2.30. The molecular formula is C11H17F3N4O. The van der Waals surface area contributed by atoms with Crippen LogP contribution < -0.4 is 16.0 Å². The summed E-state index contributed by atoms with van der Waals surface area (Å²) in [5.41, 5.74) is 0.898. The maximum atomic E-state index is 12.6. The van der Waals surface area contributed by atoms with Crippen molar-refractivity contribution in [1.29, 1.82) is 0 Å². The summed E-state index contributed by atoms with van der Waals surface area (Å²) in [6.07, 6.45) is -2.89. The van der Waals surface area contributed by atoms with Crippen LogP contribution in [-0.4, -0.2) is 16.6 Å². The Morgan fingerprint density at radius 3 is 2.58 bits per heavy atom. The van der Waals surface area contributed by atoms with Crippen LogP contribution >= 0.6 is 0 Å². The predicted octanol–water partition coefficient (Wildman–Crippen LogP) is 2.60. The highest BCUT2D eigenvalue weighted by molar-refractivity contribution is 5.30. The van der Waals surface area contributed by atoms with Crippen LogP contribution in [0, 0.1) is 5.92 Å². The molecule has 0 unspecified atom stereocenters. The molecule has 3 N–H and O–H groups in total. The molecule has 5 nitrogen and oxygen atoms in total. The van der Waals surface area contributed by atoms with E-state index >= 15 is 0 Å². The van der Waals surface area contributed by atoms with Crippen LogP contribution in [0.5, 0.6) is 5.88 Å². The van der Waals surface area contributed by atoms with E-state index in [2.05, 4.69) is 23.8 Å². The Kier molecular flexibility index (Phi) is 5.34. The van der Waals surface area contributed by atoms with Crippen molar-refractivity contribution in [2.45, 2.75) is 32.9 Å². The number of hydrogen-bond donors (Lipinski definition) is 2. The van der Waals surface area contributed by atoms with Gasteiger partial charge in [0.15, 0.2) is 5.69 Å². The molecule has 0 saturated carbocycles. The highest BCUT2D eigenvalue weighted by Gasteiger charge is 2.34. The third-order valence-corrected chi connectivity index (χ3v) is 2.30. The predicted molar refractivity (Wildman–Crippen MR) is 64.4 cm³/mol. The second kappa shape index (κ2) is 6.55. The summed E-state index contributed by atoms with van der Waals surface area (Å²) < 4.78 is 42.9. The van der Waals surface area contributed by atoms with E-state index in [-0.39, 0.29) is 11.8 Å². The van der Waals surface area contributed by atoms with Crippen LogP contribution in [0.2, 0.25) is 0 Å². The minimum Gasteiger partial charge on any atom is -0.478 e. The zero-order valence-electron chi connectivity index (χ0n) is 10.8. The zero-order valence-corrected chi connectivity index (χ0v) is 10.8. The number of anilines is 1. The number of hydrogen-bond acceptors (Lipinski definition) is 5. The molecule has 1 aromatic rings. The fraction of sp³-hybridized carbons (Fsp3) is 0.636. The summed E-state index contributed by atoms with van der Waals surface area (Å²) in [5.74, 6) is 5.08. The van der Waals surface area contributed by atoms with E-state index in [1.54, 1.807) is 0 Å². The average Bonchev–Trinajstić information content (AvgIpc) is 2.33. The van der Waals surface area contributed by atoms with Crippen molar-refractivity contribution in [3.05, 3.63) is 11.8 Å². The van der Waals surface area contributed by atoms with E-state index in [1.807, 2.05) is 5.43 Å². The van der Waals surface area contributed by atoms with Crippen molar-refractivity contribution in [2.75, 3.05) is 12.0 Å². The van der Waals surface area contributed by atoms with Crippen LogP contribution in [0.25, 0.3) is 0 Å². The topological polar surface area (TPSA) is 73.1 Å². The standard InChI is InChI=1S/C11H17F3N4O/c1-7(2)4-3-5-19-9-6-8(11(12,13)14)16-10(17-9)18-15/h6-7H,3-5,15H2,1-2H3,(H,16,17,18). The summed E-state index contributed by atoms with van der Waals surface area (Å²) in [6, 6.07) is 0.760. The van der Waals surface area contributed by atoms with Gasteiger partial charge in [-0.2, -0.15) is 18.2 Å². The number of nitrogen functional groups attached to an aromatic ring is 1. The van der Waals surface area contributed by atoms with E-state index in [0.29, 0.717) is 12.5 Å². The van der Waals surface area contributed by atoms with Gasteiger partial charge >= 0.3 is 6.18 Å². The van der Waals surface area contributed by atoms with Crippen LogP contribution in [0.1, 0.15) is 32.4 Å². The Morgan fingerprint density at radius 1 is 1.37 bits per heavy atom. The van der Waals surface area contributed by atoms with Crippen molar-refractivity contribution in [1.82, 2.24) is 9.97 Å². The first-order chi connectivity index (χ1) is 8.82. The number of nitrogens with one attached hydrogen (secondary N) is 1. The van der Waals surface area contributed by atoms with Gasteiger partial charge in [0.1, 0.15) is 0 Å². The lowest BCUT2D eigenvalue weighted by molar-refractivity contribution is -0.141. The largest absolute Gasteiger partial charge is 0.478 e. The molecule has 0 spiro atoms. The first-order valence-corrected chi connectivity index (χ1v) is 5.88. The van der Waals surface area contributed by atoms with Crippen LogP contribution in [0.4, 0.5) is 19.1 Å². The summed E-state index contributed by atoms with van der Waals surface area (Å²) in [7, 11) is 0. The van der Waals surface area contributed by atoms with Crippen molar-refractivity contribution in [3.8, 4) is 5.88 Å². The number of rotatable bonds is 6. The van der Waals surface area contributed by atoms with E-state index in [9.17, 15) is 13.2 Å². The minimum absolute atomic E-state index is 0.140. The van der Waals surface area contributed by atoms with E-state index in [4.69, 9.17) is 10.6 Å².